The van der Waals surface area contributed by atoms with Crippen molar-refractivity contribution < 1.29 is 18.3 Å². The molecule has 0 unspecified atom stereocenters. The highest BCUT2D eigenvalue weighted by molar-refractivity contribution is 9.10. The Morgan fingerprint density at radius 2 is 2.19 bits per heavy atom. The Hall–Kier alpha value is -1.17. The summed E-state index contributed by atoms with van der Waals surface area (Å²) in [5, 5.41) is 0. The normalized spacial score (nSPS) is 10.2. The number of rotatable bonds is 3. The Morgan fingerprint density at radius 3 is 2.75 bits per heavy atom. The van der Waals surface area contributed by atoms with E-state index < -0.39 is 27.6 Å². The summed E-state index contributed by atoms with van der Waals surface area (Å²) >= 11 is 2.69. The van der Waals surface area contributed by atoms with Gasteiger partial charge >= 0.3 is 5.97 Å². The highest BCUT2D eigenvalue weighted by Gasteiger charge is 2.22. The number of halogens is 3. The molecule has 1 aromatic rings. The van der Waals surface area contributed by atoms with Crippen molar-refractivity contribution in [2.75, 3.05) is 12.3 Å². The van der Waals surface area contributed by atoms with Crippen molar-refractivity contribution in [1.82, 2.24) is 0 Å². The largest absolute Gasteiger partial charge is 0.462 e. The predicted octanol–water partition coefficient (Wildman–Crippen LogP) is 2.88. The van der Waals surface area contributed by atoms with Crippen LogP contribution in [0.5, 0.6) is 0 Å². The molecule has 1 rings (SSSR count). The number of nitrogen functional groups attached to an aromatic ring is 1. The molecule has 0 saturated heterocycles. The summed E-state index contributed by atoms with van der Waals surface area (Å²) in [6, 6.07) is 0.871. The van der Waals surface area contributed by atoms with Crippen LogP contribution in [0.1, 0.15) is 23.7 Å². The summed E-state index contributed by atoms with van der Waals surface area (Å²) in [5.41, 5.74) is 4.64. The first-order valence-electron chi connectivity index (χ1n) is 4.59. The highest BCUT2D eigenvalue weighted by Crippen LogP contribution is 2.27. The van der Waals surface area contributed by atoms with Gasteiger partial charge in [0.15, 0.2) is 5.82 Å². The maximum atomic E-state index is 13.5. The molecule has 2 N–H and O–H groups in total. The standard InChI is InChI=1S/C10H10BrF2NO2/c1-2-3-16-10(15)7-6(14)4-5(12)8(11)9(7)13/h4H,2-3,14H2,1H3. The van der Waals surface area contributed by atoms with Gasteiger partial charge in [-0.25, -0.2) is 13.6 Å². The molecule has 0 aliphatic carbocycles. The molecule has 0 heterocycles. The highest BCUT2D eigenvalue weighted by atomic mass is 79.9. The van der Waals surface area contributed by atoms with Crippen molar-refractivity contribution in [2.45, 2.75) is 13.3 Å². The molecule has 0 aliphatic rings. The molecule has 0 atom stereocenters. The fourth-order valence-electron chi connectivity index (χ4n) is 1.09. The lowest BCUT2D eigenvalue weighted by atomic mass is 10.1. The van der Waals surface area contributed by atoms with Gasteiger partial charge in [0.05, 0.1) is 16.8 Å². The molecule has 0 bridgehead atoms. The minimum absolute atomic E-state index is 0.159. The van der Waals surface area contributed by atoms with E-state index in [1.807, 2.05) is 0 Å². The van der Waals surface area contributed by atoms with Crippen LogP contribution in [0.15, 0.2) is 10.5 Å². The van der Waals surface area contributed by atoms with Gasteiger partial charge in [-0.05, 0) is 28.4 Å². The Morgan fingerprint density at radius 1 is 1.56 bits per heavy atom. The first kappa shape index (κ1) is 12.9. The second-order valence-electron chi connectivity index (χ2n) is 3.09. The van der Waals surface area contributed by atoms with E-state index in [9.17, 15) is 13.6 Å². The van der Waals surface area contributed by atoms with E-state index in [0.717, 1.165) is 6.07 Å². The average molecular weight is 294 g/mol. The Labute approximate surface area is 99.7 Å². The molecular formula is C10H10BrF2NO2. The van der Waals surface area contributed by atoms with Crippen LogP contribution in [0, 0.1) is 11.6 Å². The van der Waals surface area contributed by atoms with Crippen molar-refractivity contribution in [1.29, 1.82) is 0 Å². The lowest BCUT2D eigenvalue weighted by Crippen LogP contribution is -2.12. The number of ether oxygens (including phenoxy) is 1. The van der Waals surface area contributed by atoms with Crippen LogP contribution in [0.2, 0.25) is 0 Å². The number of benzene rings is 1. The van der Waals surface area contributed by atoms with E-state index in [1.54, 1.807) is 6.92 Å². The van der Waals surface area contributed by atoms with Gasteiger partial charge in [0.2, 0.25) is 0 Å². The van der Waals surface area contributed by atoms with Crippen molar-refractivity contribution in [2.24, 2.45) is 0 Å². The van der Waals surface area contributed by atoms with Crippen molar-refractivity contribution in [3.8, 4) is 0 Å². The van der Waals surface area contributed by atoms with Gasteiger partial charge in [-0.2, -0.15) is 0 Å². The van der Waals surface area contributed by atoms with Crippen LogP contribution in [-0.4, -0.2) is 12.6 Å². The number of carbonyl (C=O) groups is 1. The Kier molecular flexibility index (Phi) is 4.23. The molecule has 0 fully saturated rings. The van der Waals surface area contributed by atoms with Crippen LogP contribution >= 0.6 is 15.9 Å². The second kappa shape index (κ2) is 5.25. The summed E-state index contributed by atoms with van der Waals surface area (Å²) in [6.45, 7) is 1.96. The zero-order valence-electron chi connectivity index (χ0n) is 8.52. The quantitative estimate of drug-likeness (QED) is 0.530. The van der Waals surface area contributed by atoms with Gasteiger partial charge in [0, 0.05) is 0 Å². The van der Waals surface area contributed by atoms with E-state index in [2.05, 4.69) is 15.9 Å². The minimum Gasteiger partial charge on any atom is -0.462 e. The molecule has 88 valence electrons. The van der Waals surface area contributed by atoms with Crippen LogP contribution in [0.25, 0.3) is 0 Å². The van der Waals surface area contributed by atoms with Gasteiger partial charge in [-0.3, -0.25) is 0 Å². The Bertz CT molecular complexity index is 424. The molecule has 16 heavy (non-hydrogen) atoms. The molecular weight excluding hydrogens is 284 g/mol. The summed E-state index contributed by atoms with van der Waals surface area (Å²) in [6.07, 6.45) is 0.607. The molecule has 0 amide bonds. The van der Waals surface area contributed by atoms with Gasteiger partial charge in [0.1, 0.15) is 11.4 Å². The maximum Gasteiger partial charge on any atom is 0.343 e. The monoisotopic (exact) mass is 293 g/mol. The third-order valence-electron chi connectivity index (χ3n) is 1.83. The fourth-order valence-corrected chi connectivity index (χ4v) is 1.40. The van der Waals surface area contributed by atoms with Gasteiger partial charge in [0.25, 0.3) is 0 Å². The molecule has 0 aromatic heterocycles. The third kappa shape index (κ3) is 2.49. The topological polar surface area (TPSA) is 52.3 Å². The number of esters is 1. The van der Waals surface area contributed by atoms with E-state index in [-0.39, 0.29) is 12.3 Å². The first-order valence-corrected chi connectivity index (χ1v) is 5.38. The zero-order valence-corrected chi connectivity index (χ0v) is 10.1. The summed E-state index contributed by atoms with van der Waals surface area (Å²) in [5.74, 6) is -2.79. The molecule has 0 aliphatic heterocycles. The smallest absolute Gasteiger partial charge is 0.343 e. The molecule has 6 heteroatoms. The molecule has 3 nitrogen and oxygen atoms in total. The van der Waals surface area contributed by atoms with E-state index in [0.29, 0.717) is 6.42 Å². The third-order valence-corrected chi connectivity index (χ3v) is 2.56. The number of hydrogen-bond donors (Lipinski definition) is 1. The van der Waals surface area contributed by atoms with Crippen LogP contribution in [-0.2, 0) is 4.74 Å². The zero-order chi connectivity index (χ0) is 12.3. The van der Waals surface area contributed by atoms with Crippen molar-refractivity contribution in [3.05, 3.63) is 27.7 Å². The summed E-state index contributed by atoms with van der Waals surface area (Å²) in [4.78, 5) is 11.4. The Balaban J connectivity index is 3.13. The van der Waals surface area contributed by atoms with Gasteiger partial charge in [-0.1, -0.05) is 6.92 Å². The molecule has 0 radical (unpaired) electrons. The number of anilines is 1. The summed E-state index contributed by atoms with van der Waals surface area (Å²) < 4.78 is 30.9. The van der Waals surface area contributed by atoms with E-state index in [1.165, 1.54) is 0 Å². The molecule has 0 spiro atoms. The van der Waals surface area contributed by atoms with Crippen molar-refractivity contribution in [3.63, 3.8) is 0 Å². The number of carbonyl (C=O) groups excluding carboxylic acids is 1. The van der Waals surface area contributed by atoms with Crippen LogP contribution < -0.4 is 5.73 Å². The first-order chi connectivity index (χ1) is 7.49. The summed E-state index contributed by atoms with van der Waals surface area (Å²) in [7, 11) is 0. The molecule has 0 saturated carbocycles. The second-order valence-corrected chi connectivity index (χ2v) is 3.88. The van der Waals surface area contributed by atoms with Crippen LogP contribution in [0.3, 0.4) is 0 Å². The fraction of sp³-hybridized carbons (Fsp3) is 0.300. The minimum atomic E-state index is -1.04. The lowest BCUT2D eigenvalue weighted by molar-refractivity contribution is 0.0501. The number of nitrogens with two attached hydrogens (primary N) is 1. The predicted molar refractivity (Wildman–Crippen MR) is 59.0 cm³/mol. The maximum absolute atomic E-state index is 13.5. The van der Waals surface area contributed by atoms with Gasteiger partial charge in [-0.15, -0.1) is 0 Å². The molecule has 1 aromatic carbocycles. The average Bonchev–Trinajstić information content (AvgIpc) is 2.23. The van der Waals surface area contributed by atoms with E-state index in [4.69, 9.17) is 10.5 Å². The SMILES string of the molecule is CCCOC(=O)c1c(N)cc(F)c(Br)c1F. The lowest BCUT2D eigenvalue weighted by Gasteiger charge is -2.08. The number of hydrogen-bond acceptors (Lipinski definition) is 3. The van der Waals surface area contributed by atoms with Crippen molar-refractivity contribution >= 4 is 27.6 Å². The van der Waals surface area contributed by atoms with Crippen LogP contribution in [0.4, 0.5) is 14.5 Å². The van der Waals surface area contributed by atoms with E-state index >= 15 is 0 Å². The van der Waals surface area contributed by atoms with Gasteiger partial charge < -0.3 is 10.5 Å².